The van der Waals surface area contributed by atoms with Crippen LogP contribution >= 0.6 is 0 Å². The Kier molecular flexibility index (Phi) is 1.01. The molecule has 52 valence electrons. The monoisotopic (exact) mass is 133 g/mol. The highest BCUT2D eigenvalue weighted by Gasteiger charge is 2.20. The van der Waals surface area contributed by atoms with E-state index in [2.05, 4.69) is 37.4 Å². The summed E-state index contributed by atoms with van der Waals surface area (Å²) in [6.45, 7) is 4.44. The molecule has 1 N–H and O–H groups in total. The van der Waals surface area contributed by atoms with E-state index in [1.807, 2.05) is 0 Å². The van der Waals surface area contributed by atoms with E-state index in [-0.39, 0.29) is 0 Å². The fourth-order valence-electron chi connectivity index (χ4n) is 1.27. The average molecular weight is 133 g/mol. The second kappa shape index (κ2) is 1.75. The fourth-order valence-corrected chi connectivity index (χ4v) is 1.27. The van der Waals surface area contributed by atoms with Crippen LogP contribution in [0.2, 0.25) is 0 Å². The first-order valence-electron chi connectivity index (χ1n) is 3.69. The average Bonchev–Trinajstić information content (AvgIpc) is 2.63. The maximum Gasteiger partial charge on any atom is 0.0659 e. The van der Waals surface area contributed by atoms with Crippen LogP contribution in [0.3, 0.4) is 0 Å². The third-order valence-electron chi connectivity index (χ3n) is 1.92. The summed E-state index contributed by atoms with van der Waals surface area (Å²) in [5.41, 5.74) is 4.11. The van der Waals surface area contributed by atoms with Crippen LogP contribution in [-0.2, 0) is 0 Å². The van der Waals surface area contributed by atoms with E-state index in [0.29, 0.717) is 5.92 Å². The molecule has 1 aliphatic heterocycles. The van der Waals surface area contributed by atoms with Crippen LogP contribution in [0.1, 0.15) is 25.3 Å². The zero-order valence-electron chi connectivity index (χ0n) is 6.31. The molecule has 1 aromatic carbocycles. The number of para-hydroxylation sites is 1. The molecule has 0 aromatic heterocycles. The van der Waals surface area contributed by atoms with E-state index in [4.69, 9.17) is 0 Å². The molecule has 0 unspecified atom stereocenters. The van der Waals surface area contributed by atoms with Gasteiger partial charge < -0.3 is 5.32 Å². The predicted octanol–water partition coefficient (Wildman–Crippen LogP) is 2.87. The van der Waals surface area contributed by atoms with Gasteiger partial charge in [0.1, 0.15) is 0 Å². The van der Waals surface area contributed by atoms with Gasteiger partial charge in [-0.05, 0) is 17.5 Å². The molecule has 1 aliphatic rings. The molecule has 1 heteroatoms. The first-order chi connectivity index (χ1) is 4.79. The molecule has 1 nitrogen and oxygen atoms in total. The summed E-state index contributed by atoms with van der Waals surface area (Å²) >= 11 is 0. The van der Waals surface area contributed by atoms with E-state index < -0.39 is 0 Å². The zero-order chi connectivity index (χ0) is 7.14. The van der Waals surface area contributed by atoms with E-state index in [0.717, 1.165) is 0 Å². The minimum atomic E-state index is 0.643. The molecule has 0 radical (unpaired) electrons. The maximum atomic E-state index is 3.24. The van der Waals surface area contributed by atoms with Gasteiger partial charge in [-0.15, -0.1) is 0 Å². The minimum absolute atomic E-state index is 0.643. The minimum Gasteiger partial charge on any atom is -0.352 e. The van der Waals surface area contributed by atoms with Crippen molar-refractivity contribution in [2.24, 2.45) is 0 Å². The highest BCUT2D eigenvalue weighted by Crippen LogP contribution is 2.44. The third kappa shape index (κ3) is 0.703. The van der Waals surface area contributed by atoms with Gasteiger partial charge in [0.25, 0.3) is 0 Å². The number of hydrogen-bond acceptors (Lipinski definition) is 1. The molecule has 0 saturated carbocycles. The molecule has 1 heterocycles. The van der Waals surface area contributed by atoms with Gasteiger partial charge >= 0.3 is 0 Å². The van der Waals surface area contributed by atoms with Crippen molar-refractivity contribution in [1.82, 2.24) is 0 Å². The van der Waals surface area contributed by atoms with Crippen LogP contribution in [-0.4, -0.2) is 0 Å². The molecular weight excluding hydrogens is 122 g/mol. The Morgan fingerprint density at radius 2 is 2.10 bits per heavy atom. The normalized spacial score (nSPS) is 12.7. The fraction of sp³-hybridized carbons (Fsp3) is 0.333. The lowest BCUT2D eigenvalue weighted by molar-refractivity contribution is 0.874. The molecular formula is C9H11N. The van der Waals surface area contributed by atoms with Gasteiger partial charge in [0.05, 0.1) is 11.4 Å². The van der Waals surface area contributed by atoms with Crippen molar-refractivity contribution in [3.63, 3.8) is 0 Å². The van der Waals surface area contributed by atoms with E-state index in [1.54, 1.807) is 0 Å². The molecule has 0 atom stereocenters. The van der Waals surface area contributed by atoms with Gasteiger partial charge in [0.2, 0.25) is 0 Å². The maximum absolute atomic E-state index is 3.24. The highest BCUT2D eigenvalue weighted by atomic mass is 15.0. The van der Waals surface area contributed by atoms with Crippen LogP contribution < -0.4 is 5.32 Å². The van der Waals surface area contributed by atoms with Gasteiger partial charge in [-0.1, -0.05) is 26.0 Å². The largest absolute Gasteiger partial charge is 0.352 e. The van der Waals surface area contributed by atoms with Gasteiger partial charge in [-0.25, -0.2) is 0 Å². The molecule has 0 saturated heterocycles. The van der Waals surface area contributed by atoms with Crippen molar-refractivity contribution < 1.29 is 0 Å². The van der Waals surface area contributed by atoms with Crippen molar-refractivity contribution in [3.8, 4) is 0 Å². The van der Waals surface area contributed by atoms with Gasteiger partial charge in [0.15, 0.2) is 0 Å². The molecule has 0 fully saturated rings. The summed E-state index contributed by atoms with van der Waals surface area (Å²) in [5.74, 6) is 0.643. The zero-order valence-corrected chi connectivity index (χ0v) is 6.31. The summed E-state index contributed by atoms with van der Waals surface area (Å²) in [7, 11) is 0. The number of fused-ring (bicyclic) bond motifs is 1. The van der Waals surface area contributed by atoms with Crippen molar-refractivity contribution in [1.29, 1.82) is 0 Å². The van der Waals surface area contributed by atoms with Crippen LogP contribution in [0, 0.1) is 0 Å². The van der Waals surface area contributed by atoms with Crippen LogP contribution in [0.5, 0.6) is 0 Å². The van der Waals surface area contributed by atoms with Crippen molar-refractivity contribution in [2.45, 2.75) is 19.8 Å². The smallest absolute Gasteiger partial charge is 0.0659 e. The Hall–Kier alpha value is -0.980. The van der Waals surface area contributed by atoms with Gasteiger partial charge in [-0.2, -0.15) is 0 Å². The number of hydrogen-bond donors (Lipinski definition) is 1. The Labute approximate surface area is 61.1 Å². The Balaban J connectivity index is 2.46. The molecule has 10 heavy (non-hydrogen) atoms. The molecule has 0 spiro atoms. The topological polar surface area (TPSA) is 21.9 Å². The molecule has 2 rings (SSSR count). The van der Waals surface area contributed by atoms with Crippen LogP contribution in [0.25, 0.3) is 0 Å². The Morgan fingerprint density at radius 3 is 2.70 bits per heavy atom. The summed E-state index contributed by atoms with van der Waals surface area (Å²) < 4.78 is 0. The SMILES string of the molecule is CC(C)c1cccc2c1N2. The highest BCUT2D eigenvalue weighted by molar-refractivity contribution is 5.92. The number of nitrogens with one attached hydrogen (secondary N) is 1. The standard InChI is InChI=1S/C9H11N/c1-6(2)7-4-3-5-8-9(7)10-8/h3-6,10H,1-2H3. The van der Waals surface area contributed by atoms with Crippen LogP contribution in [0.4, 0.5) is 11.4 Å². The number of rotatable bonds is 1. The summed E-state index contributed by atoms with van der Waals surface area (Å²) in [5, 5.41) is 3.24. The van der Waals surface area contributed by atoms with Crippen molar-refractivity contribution in [3.05, 3.63) is 23.8 Å². The predicted molar refractivity (Wildman–Crippen MR) is 43.8 cm³/mol. The Morgan fingerprint density at radius 1 is 1.30 bits per heavy atom. The quantitative estimate of drug-likeness (QED) is 0.593. The lowest BCUT2D eigenvalue weighted by atomic mass is 10.0. The summed E-state index contributed by atoms with van der Waals surface area (Å²) in [6, 6.07) is 6.40. The van der Waals surface area contributed by atoms with Crippen LogP contribution in [0.15, 0.2) is 18.2 Å². The van der Waals surface area contributed by atoms with Crippen molar-refractivity contribution in [2.75, 3.05) is 5.32 Å². The van der Waals surface area contributed by atoms with E-state index in [9.17, 15) is 0 Å². The molecule has 0 aliphatic carbocycles. The van der Waals surface area contributed by atoms with Gasteiger partial charge in [0, 0.05) is 0 Å². The lowest BCUT2D eigenvalue weighted by Gasteiger charge is -2.00. The van der Waals surface area contributed by atoms with Gasteiger partial charge in [-0.3, -0.25) is 0 Å². The second-order valence-corrected chi connectivity index (χ2v) is 3.05. The van der Waals surface area contributed by atoms with E-state index in [1.165, 1.54) is 16.9 Å². The second-order valence-electron chi connectivity index (χ2n) is 3.05. The number of benzene rings is 1. The van der Waals surface area contributed by atoms with Crippen molar-refractivity contribution >= 4 is 11.4 Å². The first kappa shape index (κ1) is 5.78. The third-order valence-corrected chi connectivity index (χ3v) is 1.92. The number of anilines is 2. The molecule has 0 bridgehead atoms. The summed E-state index contributed by atoms with van der Waals surface area (Å²) in [6.07, 6.45) is 0. The lowest BCUT2D eigenvalue weighted by Crippen LogP contribution is -1.82. The molecule has 1 aromatic rings. The molecule has 0 amide bonds. The summed E-state index contributed by atoms with van der Waals surface area (Å²) in [4.78, 5) is 0. The Bertz CT molecular complexity index is 263. The first-order valence-corrected chi connectivity index (χ1v) is 3.69. The van der Waals surface area contributed by atoms with E-state index >= 15 is 0 Å².